The van der Waals surface area contributed by atoms with Gasteiger partial charge in [-0.1, -0.05) is 30.9 Å². The predicted molar refractivity (Wildman–Crippen MR) is 98.0 cm³/mol. The van der Waals surface area contributed by atoms with Crippen LogP contribution in [0.2, 0.25) is 5.02 Å². The van der Waals surface area contributed by atoms with Crippen LogP contribution in [0.15, 0.2) is 38.4 Å². The summed E-state index contributed by atoms with van der Waals surface area (Å²) in [6.07, 6.45) is 6.10. The Labute approximate surface area is 156 Å². The maximum absolute atomic E-state index is 12.9. The number of hydrogen-bond acceptors (Lipinski definition) is 6. The van der Waals surface area contributed by atoms with Gasteiger partial charge in [0.05, 0.1) is 9.90 Å². The molecule has 0 saturated heterocycles. The van der Waals surface area contributed by atoms with Crippen LogP contribution in [0.25, 0.3) is 0 Å². The highest BCUT2D eigenvalue weighted by Gasteiger charge is 2.33. The van der Waals surface area contributed by atoms with Crippen LogP contribution in [0.4, 0.5) is 0 Å². The van der Waals surface area contributed by atoms with Gasteiger partial charge in [-0.05, 0) is 37.1 Å². The SMILES string of the molecule is CS(=O)(=O)c1sc(C2CCCCC2)nc1S(=O)(=O)c1ccc(Cl)cc1. The van der Waals surface area contributed by atoms with E-state index in [4.69, 9.17) is 11.6 Å². The number of benzene rings is 1. The second-order valence-corrected chi connectivity index (χ2v) is 11.8. The third-order valence-electron chi connectivity index (χ3n) is 4.25. The van der Waals surface area contributed by atoms with Crippen LogP contribution in [0.1, 0.15) is 43.0 Å². The highest BCUT2D eigenvalue weighted by molar-refractivity contribution is 7.95. The second kappa shape index (κ2) is 6.98. The molecule has 136 valence electrons. The van der Waals surface area contributed by atoms with Gasteiger partial charge in [-0.2, -0.15) is 0 Å². The molecule has 1 saturated carbocycles. The molecule has 0 N–H and O–H groups in total. The van der Waals surface area contributed by atoms with Crippen molar-refractivity contribution >= 4 is 42.6 Å². The quantitative estimate of drug-likeness (QED) is 0.745. The largest absolute Gasteiger partial charge is 0.228 e. The highest BCUT2D eigenvalue weighted by atomic mass is 35.5. The Morgan fingerprint density at radius 3 is 2.20 bits per heavy atom. The second-order valence-electron chi connectivity index (χ2n) is 6.21. The molecule has 25 heavy (non-hydrogen) atoms. The standard InChI is InChI=1S/C16H18ClNO4S3/c1-24(19,20)16-15(18-14(23-16)11-5-3-2-4-6-11)25(21,22)13-9-7-12(17)8-10-13/h7-11H,2-6H2,1H3. The molecule has 1 fully saturated rings. The highest BCUT2D eigenvalue weighted by Crippen LogP contribution is 2.39. The minimum absolute atomic E-state index is 0.0118. The molecule has 1 aliphatic rings. The molecule has 1 aromatic carbocycles. The van der Waals surface area contributed by atoms with Gasteiger partial charge < -0.3 is 0 Å². The van der Waals surface area contributed by atoms with E-state index in [0.717, 1.165) is 49.7 Å². The molecule has 0 spiro atoms. The van der Waals surface area contributed by atoms with Crippen LogP contribution < -0.4 is 0 Å². The molecule has 1 aromatic heterocycles. The van der Waals surface area contributed by atoms with Crippen molar-refractivity contribution in [1.82, 2.24) is 4.98 Å². The Balaban J connectivity index is 2.13. The lowest BCUT2D eigenvalue weighted by molar-refractivity contribution is 0.441. The van der Waals surface area contributed by atoms with Gasteiger partial charge in [0.1, 0.15) is 0 Å². The lowest BCUT2D eigenvalue weighted by Gasteiger charge is -2.18. The third kappa shape index (κ3) is 3.92. The third-order valence-corrected chi connectivity index (χ3v) is 9.50. The van der Waals surface area contributed by atoms with Crippen molar-refractivity contribution < 1.29 is 16.8 Å². The van der Waals surface area contributed by atoms with E-state index in [1.807, 2.05) is 0 Å². The Bertz CT molecular complexity index is 973. The molecule has 5 nitrogen and oxygen atoms in total. The van der Waals surface area contributed by atoms with Crippen molar-refractivity contribution in [1.29, 1.82) is 0 Å². The number of halogens is 1. The summed E-state index contributed by atoms with van der Waals surface area (Å²) in [6.45, 7) is 0. The summed E-state index contributed by atoms with van der Waals surface area (Å²) in [7, 11) is -7.73. The van der Waals surface area contributed by atoms with Crippen molar-refractivity contribution in [2.75, 3.05) is 6.26 Å². The van der Waals surface area contributed by atoms with Crippen molar-refractivity contribution in [2.45, 2.75) is 52.2 Å². The Morgan fingerprint density at radius 2 is 1.64 bits per heavy atom. The van der Waals surface area contributed by atoms with Gasteiger partial charge in [0, 0.05) is 17.2 Å². The first kappa shape index (κ1) is 18.8. The van der Waals surface area contributed by atoms with Crippen LogP contribution >= 0.6 is 22.9 Å². The molecule has 3 rings (SSSR count). The lowest BCUT2D eigenvalue weighted by atomic mass is 9.90. The van der Waals surface area contributed by atoms with E-state index < -0.39 is 19.7 Å². The van der Waals surface area contributed by atoms with E-state index in [1.54, 1.807) is 0 Å². The number of hydrogen-bond donors (Lipinski definition) is 0. The summed E-state index contributed by atoms with van der Waals surface area (Å²) in [5, 5.41) is 0.652. The predicted octanol–water partition coefficient (Wildman–Crippen LogP) is 4.08. The smallest absolute Gasteiger partial charge is 0.226 e. The summed E-state index contributed by atoms with van der Waals surface area (Å²) in [5.41, 5.74) is 0. The van der Waals surface area contributed by atoms with Gasteiger partial charge in [0.25, 0.3) is 0 Å². The van der Waals surface area contributed by atoms with E-state index in [0.29, 0.717) is 10.0 Å². The number of nitrogens with zero attached hydrogens (tertiary/aromatic N) is 1. The van der Waals surface area contributed by atoms with Gasteiger partial charge in [-0.25, -0.2) is 21.8 Å². The Hall–Kier alpha value is -0.960. The maximum Gasteiger partial charge on any atom is 0.226 e. The summed E-state index contributed by atoms with van der Waals surface area (Å²) in [4.78, 5) is 4.28. The van der Waals surface area contributed by atoms with Crippen molar-refractivity contribution in [3.63, 3.8) is 0 Å². The monoisotopic (exact) mass is 419 g/mol. The molecule has 0 bridgehead atoms. The molecule has 1 heterocycles. The Kier molecular flexibility index (Phi) is 5.26. The number of thiazole rings is 1. The molecular weight excluding hydrogens is 402 g/mol. The Morgan fingerprint density at radius 1 is 1.04 bits per heavy atom. The van der Waals surface area contributed by atoms with Crippen LogP contribution in [-0.4, -0.2) is 28.1 Å². The normalized spacial score (nSPS) is 16.9. The van der Waals surface area contributed by atoms with Gasteiger partial charge in [0.15, 0.2) is 19.1 Å². The number of aromatic nitrogens is 1. The summed E-state index contributed by atoms with van der Waals surface area (Å²) in [6, 6.07) is 5.65. The summed E-state index contributed by atoms with van der Waals surface area (Å²) >= 11 is 6.81. The van der Waals surface area contributed by atoms with E-state index >= 15 is 0 Å². The van der Waals surface area contributed by atoms with Gasteiger partial charge in [-0.3, -0.25) is 0 Å². The minimum Gasteiger partial charge on any atom is -0.228 e. The van der Waals surface area contributed by atoms with Crippen molar-refractivity contribution in [3.8, 4) is 0 Å². The molecule has 0 aliphatic heterocycles. The molecule has 2 aromatic rings. The van der Waals surface area contributed by atoms with Gasteiger partial charge in [-0.15, -0.1) is 11.3 Å². The molecule has 9 heteroatoms. The molecule has 0 unspecified atom stereocenters. The van der Waals surface area contributed by atoms with Gasteiger partial charge >= 0.3 is 0 Å². The van der Waals surface area contributed by atoms with E-state index in [9.17, 15) is 16.8 Å². The lowest BCUT2D eigenvalue weighted by Crippen LogP contribution is -2.09. The average molecular weight is 420 g/mol. The maximum atomic E-state index is 12.9. The first-order chi connectivity index (χ1) is 11.7. The van der Waals surface area contributed by atoms with Crippen LogP contribution in [0, 0.1) is 0 Å². The molecule has 1 aliphatic carbocycles. The fourth-order valence-electron chi connectivity index (χ4n) is 2.96. The average Bonchev–Trinajstić information content (AvgIpc) is 3.02. The topological polar surface area (TPSA) is 81.2 Å². The van der Waals surface area contributed by atoms with Crippen molar-refractivity contribution in [2.24, 2.45) is 0 Å². The van der Waals surface area contributed by atoms with Crippen LogP contribution in [0.5, 0.6) is 0 Å². The minimum atomic E-state index is -4.03. The van der Waals surface area contributed by atoms with Crippen LogP contribution in [-0.2, 0) is 19.7 Å². The first-order valence-corrected chi connectivity index (χ1v) is 12.5. The molecule has 0 atom stereocenters. The van der Waals surface area contributed by atoms with E-state index in [1.165, 1.54) is 24.3 Å². The zero-order chi connectivity index (χ0) is 18.2. The molecule has 0 radical (unpaired) electrons. The van der Waals surface area contributed by atoms with Crippen molar-refractivity contribution in [3.05, 3.63) is 34.3 Å². The number of sulfone groups is 2. The molecule has 0 amide bonds. The fourth-order valence-corrected chi connectivity index (χ4v) is 7.62. The summed E-state index contributed by atoms with van der Waals surface area (Å²) < 4.78 is 50.0. The van der Waals surface area contributed by atoms with E-state index in [-0.39, 0.29) is 20.0 Å². The zero-order valence-electron chi connectivity index (χ0n) is 13.6. The number of rotatable bonds is 4. The van der Waals surface area contributed by atoms with Crippen LogP contribution in [0.3, 0.4) is 0 Å². The molecular formula is C16H18ClNO4S3. The first-order valence-electron chi connectivity index (χ1n) is 7.91. The van der Waals surface area contributed by atoms with Gasteiger partial charge in [0.2, 0.25) is 9.84 Å². The van der Waals surface area contributed by atoms with E-state index in [2.05, 4.69) is 4.98 Å². The fraction of sp³-hybridized carbons (Fsp3) is 0.438. The zero-order valence-corrected chi connectivity index (χ0v) is 16.8. The summed E-state index contributed by atoms with van der Waals surface area (Å²) in [5.74, 6) is 0.133.